The smallest absolute Gasteiger partial charge is 0.185 e. The van der Waals surface area contributed by atoms with Gasteiger partial charge in [-0.15, -0.1) is 11.3 Å². The molecule has 0 spiro atoms. The van der Waals surface area contributed by atoms with Crippen molar-refractivity contribution in [2.45, 2.75) is 32.6 Å². The van der Waals surface area contributed by atoms with Gasteiger partial charge in [-0.05, 0) is 43.4 Å². The molecule has 1 aliphatic carbocycles. The van der Waals surface area contributed by atoms with Crippen molar-refractivity contribution < 1.29 is 9.84 Å². The van der Waals surface area contributed by atoms with Gasteiger partial charge in [-0.25, -0.2) is 4.98 Å². The molecule has 2 aromatic rings. The molecule has 1 saturated heterocycles. The Morgan fingerprint density at radius 1 is 1.25 bits per heavy atom. The van der Waals surface area contributed by atoms with Gasteiger partial charge in [0.1, 0.15) is 5.75 Å². The predicted molar refractivity (Wildman–Crippen MR) is 116 cm³/mol. The van der Waals surface area contributed by atoms with E-state index in [9.17, 15) is 5.11 Å². The number of nitrogens with zero attached hydrogens (tertiary/aromatic N) is 2. The van der Waals surface area contributed by atoms with Gasteiger partial charge in [0.15, 0.2) is 5.13 Å². The van der Waals surface area contributed by atoms with Crippen LogP contribution in [0, 0.1) is 6.92 Å². The molecular formula is C22H29N3O2S. The minimum atomic E-state index is 0.189. The maximum Gasteiger partial charge on any atom is 0.185 e. The second-order valence-electron chi connectivity index (χ2n) is 7.36. The van der Waals surface area contributed by atoms with Gasteiger partial charge >= 0.3 is 0 Å². The number of ether oxygens (including phenoxy) is 1. The molecule has 2 aliphatic rings. The molecule has 0 atom stereocenters. The van der Waals surface area contributed by atoms with Crippen molar-refractivity contribution in [3.05, 3.63) is 46.0 Å². The average molecular weight is 400 g/mol. The van der Waals surface area contributed by atoms with E-state index in [1.54, 1.807) is 11.3 Å². The number of thiazole rings is 1. The molecule has 0 bridgehead atoms. The predicted octanol–water partition coefficient (Wildman–Crippen LogP) is 3.19. The molecule has 0 saturated carbocycles. The van der Waals surface area contributed by atoms with E-state index >= 15 is 0 Å². The molecule has 2 N–H and O–H groups in total. The molecule has 1 aliphatic heterocycles. The van der Waals surface area contributed by atoms with Gasteiger partial charge in [-0.1, -0.05) is 18.2 Å². The fourth-order valence-electron chi connectivity index (χ4n) is 4.01. The van der Waals surface area contributed by atoms with Crippen LogP contribution in [0.4, 0.5) is 5.13 Å². The largest absolute Gasteiger partial charge is 0.493 e. The van der Waals surface area contributed by atoms with Crippen LogP contribution in [-0.4, -0.2) is 49.5 Å². The van der Waals surface area contributed by atoms with Crippen molar-refractivity contribution in [3.8, 4) is 5.75 Å². The number of fused-ring (bicyclic) bond motifs is 1. The number of piperazine rings is 1. The first kappa shape index (κ1) is 19.4. The fraction of sp³-hybridized carbons (Fsp3) is 0.500. The monoisotopic (exact) mass is 399 g/mol. The van der Waals surface area contributed by atoms with Crippen LogP contribution < -0.4 is 15.0 Å². The Hall–Kier alpha value is -1.89. The van der Waals surface area contributed by atoms with E-state index in [0.717, 1.165) is 62.0 Å². The fourth-order valence-corrected chi connectivity index (χ4v) is 5.02. The number of hydrogen-bond acceptors (Lipinski definition) is 6. The standard InChI is InChI=1S/C22H29N3O2S/c1-16-20(24-22(28-16)25-12-10-23-11-13-25)9-15-27-21-7-3-5-18-17(8-14-26)4-2-6-19(18)21/h3-5,7,23,26H,2,6,8-15H2,1H3. The molecule has 5 nitrogen and oxygen atoms in total. The minimum Gasteiger partial charge on any atom is -0.493 e. The lowest BCUT2D eigenvalue weighted by atomic mass is 9.89. The van der Waals surface area contributed by atoms with Crippen LogP contribution in [0.5, 0.6) is 5.75 Å². The Morgan fingerprint density at radius 2 is 2.11 bits per heavy atom. The van der Waals surface area contributed by atoms with E-state index in [4.69, 9.17) is 9.72 Å². The molecule has 6 heteroatoms. The van der Waals surface area contributed by atoms with Crippen molar-refractivity contribution in [1.29, 1.82) is 0 Å². The Bertz CT molecular complexity index is 840. The Labute approximate surface area is 171 Å². The third-order valence-corrected chi connectivity index (χ3v) is 6.58. The summed E-state index contributed by atoms with van der Waals surface area (Å²) in [7, 11) is 0. The lowest BCUT2D eigenvalue weighted by Gasteiger charge is -2.26. The number of aliphatic hydroxyl groups is 1. The summed E-state index contributed by atoms with van der Waals surface area (Å²) in [6, 6.07) is 6.27. The van der Waals surface area contributed by atoms with E-state index in [1.807, 2.05) is 0 Å². The molecular weight excluding hydrogens is 370 g/mol. The number of anilines is 1. The lowest BCUT2D eigenvalue weighted by molar-refractivity contribution is 0.304. The van der Waals surface area contributed by atoms with Gasteiger partial charge in [-0.2, -0.15) is 0 Å². The zero-order valence-corrected chi connectivity index (χ0v) is 17.4. The number of hydrogen-bond donors (Lipinski definition) is 2. The highest BCUT2D eigenvalue weighted by Gasteiger charge is 2.18. The van der Waals surface area contributed by atoms with Crippen LogP contribution in [-0.2, 0) is 12.8 Å². The molecule has 0 unspecified atom stereocenters. The summed E-state index contributed by atoms with van der Waals surface area (Å²) in [5.41, 5.74) is 4.92. The molecule has 1 aromatic carbocycles. The van der Waals surface area contributed by atoms with E-state index in [2.05, 4.69) is 41.4 Å². The zero-order chi connectivity index (χ0) is 19.3. The van der Waals surface area contributed by atoms with Gasteiger partial charge < -0.3 is 20.1 Å². The van der Waals surface area contributed by atoms with Gasteiger partial charge in [-0.3, -0.25) is 0 Å². The average Bonchev–Trinajstić information content (AvgIpc) is 3.10. The third-order valence-electron chi connectivity index (χ3n) is 5.51. The first-order valence-corrected chi connectivity index (χ1v) is 11.0. The summed E-state index contributed by atoms with van der Waals surface area (Å²) in [6.07, 6.45) is 5.81. The van der Waals surface area contributed by atoms with E-state index in [-0.39, 0.29) is 6.61 Å². The van der Waals surface area contributed by atoms with Crippen molar-refractivity contribution in [3.63, 3.8) is 0 Å². The van der Waals surface area contributed by atoms with Gasteiger partial charge in [0.2, 0.25) is 0 Å². The highest BCUT2D eigenvalue weighted by molar-refractivity contribution is 7.15. The molecule has 0 radical (unpaired) electrons. The summed E-state index contributed by atoms with van der Waals surface area (Å²) >= 11 is 1.80. The summed E-state index contributed by atoms with van der Waals surface area (Å²) < 4.78 is 6.20. The Balaban J connectivity index is 1.40. The molecule has 1 fully saturated rings. The second-order valence-corrected chi connectivity index (χ2v) is 8.54. The van der Waals surface area contributed by atoms with Crippen LogP contribution in [0.3, 0.4) is 0 Å². The Kier molecular flexibility index (Phi) is 6.29. The van der Waals surface area contributed by atoms with Crippen LogP contribution in [0.25, 0.3) is 5.57 Å². The quantitative estimate of drug-likeness (QED) is 0.749. The van der Waals surface area contributed by atoms with Crippen molar-refractivity contribution >= 4 is 22.0 Å². The SMILES string of the molecule is Cc1sc(N2CCNCC2)nc1CCOc1cccc2c1CCC=C2CCO. The number of aryl methyl sites for hydroxylation is 1. The van der Waals surface area contributed by atoms with Crippen LogP contribution in [0.2, 0.25) is 0 Å². The topological polar surface area (TPSA) is 57.6 Å². The second kappa shape index (κ2) is 9.07. The maximum atomic E-state index is 9.32. The van der Waals surface area contributed by atoms with E-state index in [1.165, 1.54) is 21.6 Å². The highest BCUT2D eigenvalue weighted by Crippen LogP contribution is 2.34. The molecule has 4 rings (SSSR count). The summed E-state index contributed by atoms with van der Waals surface area (Å²) in [5.74, 6) is 0.983. The third kappa shape index (κ3) is 4.24. The number of benzene rings is 1. The van der Waals surface area contributed by atoms with Crippen molar-refractivity contribution in [2.24, 2.45) is 0 Å². The van der Waals surface area contributed by atoms with Crippen molar-refractivity contribution in [1.82, 2.24) is 10.3 Å². The number of rotatable bonds is 7. The van der Waals surface area contributed by atoms with E-state index in [0.29, 0.717) is 13.0 Å². The van der Waals surface area contributed by atoms with E-state index < -0.39 is 0 Å². The minimum absolute atomic E-state index is 0.189. The van der Waals surface area contributed by atoms with Crippen LogP contribution in [0.15, 0.2) is 24.3 Å². The molecule has 0 amide bonds. The molecule has 2 heterocycles. The maximum absolute atomic E-state index is 9.32. The van der Waals surface area contributed by atoms with Gasteiger partial charge in [0.25, 0.3) is 0 Å². The van der Waals surface area contributed by atoms with Gasteiger partial charge in [0, 0.05) is 49.6 Å². The van der Waals surface area contributed by atoms with Crippen molar-refractivity contribution in [2.75, 3.05) is 44.3 Å². The highest BCUT2D eigenvalue weighted by atomic mass is 32.1. The molecule has 28 heavy (non-hydrogen) atoms. The van der Waals surface area contributed by atoms with Crippen LogP contribution in [0.1, 0.15) is 34.5 Å². The Morgan fingerprint density at radius 3 is 2.93 bits per heavy atom. The zero-order valence-electron chi connectivity index (χ0n) is 16.5. The number of aromatic nitrogens is 1. The summed E-state index contributed by atoms with van der Waals surface area (Å²) in [4.78, 5) is 8.56. The number of nitrogens with one attached hydrogen (secondary N) is 1. The first-order chi connectivity index (χ1) is 13.8. The molecule has 150 valence electrons. The number of allylic oxidation sites excluding steroid dienone is 1. The van der Waals surface area contributed by atoms with Crippen LogP contribution >= 0.6 is 11.3 Å². The molecule has 1 aromatic heterocycles. The normalized spacial score (nSPS) is 16.6. The number of aliphatic hydroxyl groups excluding tert-OH is 1. The summed E-state index contributed by atoms with van der Waals surface area (Å²) in [6.45, 7) is 7.11. The van der Waals surface area contributed by atoms with Gasteiger partial charge in [0.05, 0.1) is 12.3 Å². The summed E-state index contributed by atoms with van der Waals surface area (Å²) in [5, 5.41) is 13.9. The lowest BCUT2D eigenvalue weighted by Crippen LogP contribution is -2.43. The first-order valence-electron chi connectivity index (χ1n) is 10.2.